The first-order valence-electron chi connectivity index (χ1n) is 3.01. The quantitative estimate of drug-likeness (QED) is 0.655. The first-order valence-corrected chi connectivity index (χ1v) is 3.01. The molecule has 4 nitrogen and oxygen atoms in total. The molecule has 2 N–H and O–H groups in total. The van der Waals surface area contributed by atoms with Gasteiger partial charge in [0, 0.05) is 5.57 Å². The van der Waals surface area contributed by atoms with E-state index >= 15 is 0 Å². The Kier molecular flexibility index (Phi) is 3.46. The van der Waals surface area contributed by atoms with Gasteiger partial charge in [-0.15, -0.1) is 0 Å². The van der Waals surface area contributed by atoms with E-state index in [1.807, 2.05) is 0 Å². The van der Waals surface area contributed by atoms with Gasteiger partial charge in [0.2, 0.25) is 0 Å². The summed E-state index contributed by atoms with van der Waals surface area (Å²) in [5, 5.41) is 9.22. The predicted octanol–water partition coefficient (Wildman–Crippen LogP) is 1.29. The third-order valence-corrected chi connectivity index (χ3v) is 0.955. The number of hydrogen-bond donors (Lipinski definition) is 2. The van der Waals surface area contributed by atoms with E-state index in [1.54, 1.807) is 0 Å². The van der Waals surface area contributed by atoms with Crippen LogP contribution in [0.4, 0.5) is 18.0 Å². The number of nitrogens with one attached hydrogen (secondary N) is 1. The number of alkyl halides is 3. The first kappa shape index (κ1) is 11.5. The zero-order valence-electron chi connectivity index (χ0n) is 6.31. The molecule has 0 aromatic carbocycles. The summed E-state index contributed by atoms with van der Waals surface area (Å²) < 4.78 is 34.8. The summed E-state index contributed by atoms with van der Waals surface area (Å²) in [6.07, 6.45) is -7.80. The molecule has 0 rings (SSSR count). The summed E-state index contributed by atoms with van der Waals surface area (Å²) in [6.45, 7) is 2.80. The van der Waals surface area contributed by atoms with Crippen LogP contribution in [0.5, 0.6) is 0 Å². The molecule has 7 heteroatoms. The van der Waals surface area contributed by atoms with Crippen LogP contribution in [0.15, 0.2) is 12.2 Å². The molecule has 13 heavy (non-hydrogen) atoms. The second-order valence-corrected chi connectivity index (χ2v) is 2.15. The number of carboxylic acid groups (broad SMARTS) is 1. The number of amides is 2. The summed E-state index contributed by atoms with van der Waals surface area (Å²) in [4.78, 5) is 20.4. The monoisotopic (exact) mass is 197 g/mol. The van der Waals surface area contributed by atoms with Crippen molar-refractivity contribution in [3.05, 3.63) is 12.2 Å². The van der Waals surface area contributed by atoms with Crippen molar-refractivity contribution in [1.29, 1.82) is 0 Å². The number of carbonyl (C=O) groups is 2. The van der Waals surface area contributed by atoms with Gasteiger partial charge in [-0.3, -0.25) is 10.1 Å². The smallest absolute Gasteiger partial charge is 0.411 e. The van der Waals surface area contributed by atoms with E-state index in [1.165, 1.54) is 5.32 Å². The Balaban J connectivity index is 4.13. The Morgan fingerprint density at radius 1 is 1.38 bits per heavy atom. The van der Waals surface area contributed by atoms with Gasteiger partial charge < -0.3 is 5.11 Å². The van der Waals surface area contributed by atoms with Crippen molar-refractivity contribution >= 4 is 12.0 Å². The van der Waals surface area contributed by atoms with Gasteiger partial charge in [-0.05, 0) is 0 Å². The molecule has 0 saturated heterocycles. The molecule has 0 aliphatic carbocycles. The lowest BCUT2D eigenvalue weighted by Gasteiger charge is -2.07. The molecule has 0 heterocycles. The average Bonchev–Trinajstić information content (AvgIpc) is 1.81. The standard InChI is InChI=1S/C6H6F3NO3/c1-3(2-6(7,8)9)4(11)10-5(12)13/h1-2H2,(H,10,11)(H,12,13). The Labute approximate surface area is 71.0 Å². The minimum Gasteiger partial charge on any atom is -0.465 e. The van der Waals surface area contributed by atoms with Gasteiger partial charge in [0.25, 0.3) is 5.91 Å². The molecule has 0 bridgehead atoms. The second kappa shape index (κ2) is 3.92. The molecule has 0 fully saturated rings. The molecule has 0 aromatic rings. The van der Waals surface area contributed by atoms with Crippen molar-refractivity contribution < 1.29 is 27.9 Å². The fourth-order valence-electron chi connectivity index (χ4n) is 0.508. The van der Waals surface area contributed by atoms with E-state index in [0.717, 1.165) is 0 Å². The molecule has 0 aliphatic heterocycles. The highest BCUT2D eigenvalue weighted by molar-refractivity contribution is 6.01. The third kappa shape index (κ3) is 5.71. The Hall–Kier alpha value is -1.53. The summed E-state index contributed by atoms with van der Waals surface area (Å²) >= 11 is 0. The maximum atomic E-state index is 11.6. The maximum absolute atomic E-state index is 11.6. The second-order valence-electron chi connectivity index (χ2n) is 2.15. The van der Waals surface area contributed by atoms with Gasteiger partial charge in [0.15, 0.2) is 0 Å². The molecule has 0 aliphatic rings. The third-order valence-electron chi connectivity index (χ3n) is 0.955. The molecule has 0 radical (unpaired) electrons. The van der Waals surface area contributed by atoms with E-state index in [4.69, 9.17) is 5.11 Å². The zero-order chi connectivity index (χ0) is 10.6. The van der Waals surface area contributed by atoms with Gasteiger partial charge in [-0.25, -0.2) is 4.79 Å². The summed E-state index contributed by atoms with van der Waals surface area (Å²) in [7, 11) is 0. The zero-order valence-corrected chi connectivity index (χ0v) is 6.31. The van der Waals surface area contributed by atoms with Crippen LogP contribution < -0.4 is 5.32 Å². The van der Waals surface area contributed by atoms with Crippen LogP contribution in [0.2, 0.25) is 0 Å². The fraction of sp³-hybridized carbons (Fsp3) is 0.333. The molecule has 0 unspecified atom stereocenters. The maximum Gasteiger partial charge on any atom is 0.411 e. The van der Waals surface area contributed by atoms with Gasteiger partial charge in [0.1, 0.15) is 0 Å². The molecule has 74 valence electrons. The van der Waals surface area contributed by atoms with Gasteiger partial charge >= 0.3 is 12.3 Å². The highest BCUT2D eigenvalue weighted by Crippen LogP contribution is 2.23. The van der Waals surface area contributed by atoms with E-state index in [0.29, 0.717) is 0 Å². The van der Waals surface area contributed by atoms with Gasteiger partial charge in [-0.2, -0.15) is 13.2 Å². The number of halogens is 3. The van der Waals surface area contributed by atoms with Crippen molar-refractivity contribution in [3.63, 3.8) is 0 Å². The Bertz CT molecular complexity index is 246. The van der Waals surface area contributed by atoms with Crippen LogP contribution in [0, 0.1) is 0 Å². The van der Waals surface area contributed by atoms with Crippen LogP contribution in [0.1, 0.15) is 6.42 Å². The van der Waals surface area contributed by atoms with Crippen LogP contribution in [0.3, 0.4) is 0 Å². The normalized spacial score (nSPS) is 10.7. The highest BCUT2D eigenvalue weighted by Gasteiger charge is 2.30. The molecule has 0 atom stereocenters. The molecule has 0 spiro atoms. The lowest BCUT2D eigenvalue weighted by atomic mass is 10.2. The lowest BCUT2D eigenvalue weighted by molar-refractivity contribution is -0.134. The Morgan fingerprint density at radius 3 is 2.15 bits per heavy atom. The largest absolute Gasteiger partial charge is 0.465 e. The first-order chi connectivity index (χ1) is 5.72. The van der Waals surface area contributed by atoms with Crippen LogP contribution in [-0.2, 0) is 4.79 Å². The number of imide groups is 1. The summed E-state index contributed by atoms with van der Waals surface area (Å²) in [5.41, 5.74) is -0.838. The summed E-state index contributed by atoms with van der Waals surface area (Å²) in [5.74, 6) is -1.34. The number of carbonyl (C=O) groups excluding carboxylic acids is 1. The van der Waals surface area contributed by atoms with E-state index < -0.39 is 30.2 Å². The molecular weight excluding hydrogens is 191 g/mol. The minimum atomic E-state index is -4.56. The predicted molar refractivity (Wildman–Crippen MR) is 36.0 cm³/mol. The van der Waals surface area contributed by atoms with Crippen molar-refractivity contribution in [3.8, 4) is 0 Å². The van der Waals surface area contributed by atoms with Crippen LogP contribution in [0.25, 0.3) is 0 Å². The lowest BCUT2D eigenvalue weighted by Crippen LogP contribution is -2.31. The van der Waals surface area contributed by atoms with Gasteiger partial charge in [-0.1, -0.05) is 6.58 Å². The molecule has 0 aromatic heterocycles. The Morgan fingerprint density at radius 2 is 1.85 bits per heavy atom. The average molecular weight is 197 g/mol. The van der Waals surface area contributed by atoms with Crippen LogP contribution in [-0.4, -0.2) is 23.3 Å². The van der Waals surface area contributed by atoms with Crippen molar-refractivity contribution in [2.75, 3.05) is 0 Å². The molecular formula is C6H6F3NO3. The number of hydrogen-bond acceptors (Lipinski definition) is 2. The summed E-state index contributed by atoms with van der Waals surface area (Å²) in [6, 6.07) is 0. The molecule has 2 amide bonds. The SMILES string of the molecule is C=C(CC(F)(F)F)C(=O)NC(=O)O. The van der Waals surface area contributed by atoms with Crippen LogP contribution >= 0.6 is 0 Å². The van der Waals surface area contributed by atoms with Crippen molar-refractivity contribution in [2.45, 2.75) is 12.6 Å². The highest BCUT2D eigenvalue weighted by atomic mass is 19.4. The van der Waals surface area contributed by atoms with Crippen molar-refractivity contribution in [2.24, 2.45) is 0 Å². The topological polar surface area (TPSA) is 66.4 Å². The van der Waals surface area contributed by atoms with Crippen molar-refractivity contribution in [1.82, 2.24) is 5.32 Å². The minimum absolute atomic E-state index is 0.838. The van der Waals surface area contributed by atoms with E-state index in [9.17, 15) is 22.8 Å². The fourth-order valence-corrected chi connectivity index (χ4v) is 0.508. The number of rotatable bonds is 2. The van der Waals surface area contributed by atoms with E-state index in [2.05, 4.69) is 6.58 Å². The van der Waals surface area contributed by atoms with E-state index in [-0.39, 0.29) is 0 Å². The molecule has 0 saturated carbocycles. The van der Waals surface area contributed by atoms with Gasteiger partial charge in [0.05, 0.1) is 6.42 Å².